The highest BCUT2D eigenvalue weighted by Crippen LogP contribution is 2.32. The van der Waals surface area contributed by atoms with Crippen molar-refractivity contribution in [2.75, 3.05) is 0 Å². The minimum atomic E-state index is 0. The third kappa shape index (κ3) is 3.24. The van der Waals surface area contributed by atoms with Crippen LogP contribution in [0.1, 0.15) is 31.2 Å². The SMILES string of the molecule is CCC(C)[C@@H](N)c1sccc1Br.Cl. The summed E-state index contributed by atoms with van der Waals surface area (Å²) in [5, 5.41) is 2.07. The van der Waals surface area contributed by atoms with Crippen molar-refractivity contribution in [3.05, 3.63) is 20.8 Å². The van der Waals surface area contributed by atoms with Crippen LogP contribution in [0, 0.1) is 5.92 Å². The maximum Gasteiger partial charge on any atom is 0.0427 e. The molecule has 0 fully saturated rings. The van der Waals surface area contributed by atoms with Crippen LogP contribution in [0.2, 0.25) is 0 Å². The Morgan fingerprint density at radius 1 is 1.62 bits per heavy atom. The van der Waals surface area contributed by atoms with E-state index in [0.717, 1.165) is 10.9 Å². The molecule has 0 saturated heterocycles. The second-order valence-corrected chi connectivity index (χ2v) is 4.85. The first kappa shape index (κ1) is 13.4. The van der Waals surface area contributed by atoms with Crippen LogP contribution in [0.5, 0.6) is 0 Å². The molecule has 0 aromatic carbocycles. The van der Waals surface area contributed by atoms with Crippen LogP contribution in [0.25, 0.3) is 0 Å². The molecule has 1 nitrogen and oxygen atoms in total. The van der Waals surface area contributed by atoms with E-state index in [-0.39, 0.29) is 18.4 Å². The molecule has 0 saturated carbocycles. The lowest BCUT2D eigenvalue weighted by molar-refractivity contribution is 0.461. The predicted molar refractivity (Wildman–Crippen MR) is 65.7 cm³/mol. The molecule has 2 N–H and O–H groups in total. The van der Waals surface area contributed by atoms with Gasteiger partial charge in [0.15, 0.2) is 0 Å². The van der Waals surface area contributed by atoms with Crippen molar-refractivity contribution in [1.29, 1.82) is 0 Å². The van der Waals surface area contributed by atoms with Crippen molar-refractivity contribution >= 4 is 39.7 Å². The minimum Gasteiger partial charge on any atom is -0.323 e. The summed E-state index contributed by atoms with van der Waals surface area (Å²) in [5.74, 6) is 0.556. The summed E-state index contributed by atoms with van der Waals surface area (Å²) in [4.78, 5) is 1.27. The fourth-order valence-electron chi connectivity index (χ4n) is 1.06. The van der Waals surface area contributed by atoms with E-state index >= 15 is 0 Å². The lowest BCUT2D eigenvalue weighted by Gasteiger charge is -2.17. The second kappa shape index (κ2) is 6.02. The average molecular weight is 285 g/mol. The van der Waals surface area contributed by atoms with E-state index in [1.54, 1.807) is 11.3 Å². The van der Waals surface area contributed by atoms with E-state index in [9.17, 15) is 0 Å². The molecule has 2 atom stereocenters. The topological polar surface area (TPSA) is 26.0 Å². The van der Waals surface area contributed by atoms with Gasteiger partial charge in [0.25, 0.3) is 0 Å². The van der Waals surface area contributed by atoms with Crippen molar-refractivity contribution in [2.24, 2.45) is 11.7 Å². The summed E-state index contributed by atoms with van der Waals surface area (Å²) in [5.41, 5.74) is 6.07. The lowest BCUT2D eigenvalue weighted by Crippen LogP contribution is -2.17. The maximum absolute atomic E-state index is 6.07. The third-order valence-electron chi connectivity index (χ3n) is 2.20. The molecule has 0 radical (unpaired) electrons. The quantitative estimate of drug-likeness (QED) is 0.893. The highest BCUT2D eigenvalue weighted by Gasteiger charge is 2.16. The largest absolute Gasteiger partial charge is 0.323 e. The summed E-state index contributed by atoms with van der Waals surface area (Å²) in [7, 11) is 0. The Balaban J connectivity index is 0.00000144. The maximum atomic E-state index is 6.07. The van der Waals surface area contributed by atoms with Crippen molar-refractivity contribution in [3.8, 4) is 0 Å². The highest BCUT2D eigenvalue weighted by atomic mass is 79.9. The molecule has 1 heterocycles. The zero-order valence-corrected chi connectivity index (χ0v) is 11.0. The molecule has 1 aromatic rings. The normalized spacial score (nSPS) is 14.8. The molecular weight excluding hydrogens is 270 g/mol. The van der Waals surface area contributed by atoms with E-state index in [1.807, 2.05) is 0 Å². The Morgan fingerprint density at radius 3 is 2.62 bits per heavy atom. The Kier molecular flexibility index (Phi) is 6.21. The molecule has 13 heavy (non-hydrogen) atoms. The monoisotopic (exact) mass is 283 g/mol. The first-order valence-corrected chi connectivity index (χ1v) is 5.82. The fraction of sp³-hybridized carbons (Fsp3) is 0.556. The highest BCUT2D eigenvalue weighted by molar-refractivity contribution is 9.10. The number of halogens is 2. The number of rotatable bonds is 3. The summed E-state index contributed by atoms with van der Waals surface area (Å²) in [6.45, 7) is 4.36. The van der Waals surface area contributed by atoms with Gasteiger partial charge < -0.3 is 5.73 Å². The first-order valence-electron chi connectivity index (χ1n) is 4.15. The molecule has 1 rings (SSSR count). The smallest absolute Gasteiger partial charge is 0.0427 e. The van der Waals surface area contributed by atoms with Gasteiger partial charge in [-0.3, -0.25) is 0 Å². The summed E-state index contributed by atoms with van der Waals surface area (Å²) < 4.78 is 1.15. The zero-order chi connectivity index (χ0) is 9.14. The number of thiophene rings is 1. The standard InChI is InChI=1S/C9H14BrNS.ClH/c1-3-6(2)8(11)9-7(10)4-5-12-9;/h4-6,8H,3,11H2,1-2H3;1H/t6?,8-;/m1./s1. The van der Waals surface area contributed by atoms with Crippen LogP contribution in [0.15, 0.2) is 15.9 Å². The lowest BCUT2D eigenvalue weighted by atomic mass is 9.99. The van der Waals surface area contributed by atoms with Crippen LogP contribution >= 0.6 is 39.7 Å². The second-order valence-electron chi connectivity index (χ2n) is 3.04. The Morgan fingerprint density at radius 2 is 2.23 bits per heavy atom. The zero-order valence-electron chi connectivity index (χ0n) is 7.79. The number of hydrogen-bond acceptors (Lipinski definition) is 2. The fourth-order valence-corrected chi connectivity index (χ4v) is 2.83. The Bertz CT molecular complexity index is 252. The van der Waals surface area contributed by atoms with Gasteiger partial charge in [-0.05, 0) is 33.3 Å². The summed E-state index contributed by atoms with van der Waals surface area (Å²) >= 11 is 5.22. The van der Waals surface area contributed by atoms with Crippen molar-refractivity contribution in [2.45, 2.75) is 26.3 Å². The van der Waals surface area contributed by atoms with Gasteiger partial charge in [0.05, 0.1) is 0 Å². The van der Waals surface area contributed by atoms with Crippen molar-refractivity contribution in [3.63, 3.8) is 0 Å². The van der Waals surface area contributed by atoms with E-state index in [2.05, 4.69) is 41.2 Å². The molecule has 0 aliphatic heterocycles. The molecule has 1 aromatic heterocycles. The number of nitrogens with two attached hydrogens (primary N) is 1. The van der Waals surface area contributed by atoms with Gasteiger partial charge in [-0.2, -0.15) is 0 Å². The van der Waals surface area contributed by atoms with E-state index in [0.29, 0.717) is 5.92 Å². The van der Waals surface area contributed by atoms with Gasteiger partial charge in [0.1, 0.15) is 0 Å². The summed E-state index contributed by atoms with van der Waals surface area (Å²) in [6, 6.07) is 2.24. The van der Waals surface area contributed by atoms with E-state index in [1.165, 1.54) is 4.88 Å². The van der Waals surface area contributed by atoms with Crippen LogP contribution in [0.4, 0.5) is 0 Å². The molecule has 76 valence electrons. The molecule has 1 unspecified atom stereocenters. The van der Waals surface area contributed by atoms with Crippen LogP contribution in [-0.2, 0) is 0 Å². The van der Waals surface area contributed by atoms with Gasteiger partial charge >= 0.3 is 0 Å². The number of hydrogen-bond donors (Lipinski definition) is 1. The minimum absolute atomic E-state index is 0. The molecule has 0 bridgehead atoms. The van der Waals surface area contributed by atoms with E-state index < -0.39 is 0 Å². The van der Waals surface area contributed by atoms with Crippen LogP contribution < -0.4 is 5.73 Å². The molecule has 0 amide bonds. The van der Waals surface area contributed by atoms with Gasteiger partial charge in [-0.15, -0.1) is 23.7 Å². The molecular formula is C9H15BrClNS. The average Bonchev–Trinajstić information content (AvgIpc) is 2.48. The van der Waals surface area contributed by atoms with Gasteiger partial charge in [0.2, 0.25) is 0 Å². The molecule has 0 aliphatic rings. The Hall–Kier alpha value is 0.430. The van der Waals surface area contributed by atoms with Crippen molar-refractivity contribution < 1.29 is 0 Å². The molecule has 0 spiro atoms. The predicted octanol–water partition coefficient (Wildman–Crippen LogP) is 3.98. The van der Waals surface area contributed by atoms with Crippen LogP contribution in [0.3, 0.4) is 0 Å². The molecule has 4 heteroatoms. The van der Waals surface area contributed by atoms with Gasteiger partial charge in [0, 0.05) is 15.4 Å². The van der Waals surface area contributed by atoms with E-state index in [4.69, 9.17) is 5.73 Å². The van der Waals surface area contributed by atoms with Crippen LogP contribution in [-0.4, -0.2) is 0 Å². The van der Waals surface area contributed by atoms with Crippen molar-refractivity contribution in [1.82, 2.24) is 0 Å². The third-order valence-corrected chi connectivity index (χ3v) is 4.18. The summed E-state index contributed by atoms with van der Waals surface area (Å²) in [6.07, 6.45) is 1.13. The Labute approximate surface area is 98.3 Å². The molecule has 0 aliphatic carbocycles. The first-order chi connectivity index (χ1) is 5.66. The van der Waals surface area contributed by atoms with Gasteiger partial charge in [-0.1, -0.05) is 20.3 Å². The van der Waals surface area contributed by atoms with Gasteiger partial charge in [-0.25, -0.2) is 0 Å².